The van der Waals surface area contributed by atoms with E-state index in [-0.39, 0.29) is 5.54 Å². The minimum Gasteiger partial charge on any atom is -0.486 e. The molecule has 5 heteroatoms. The molecule has 0 saturated heterocycles. The smallest absolute Gasteiger partial charge is 0.162 e. The minimum atomic E-state index is -0.419. The van der Waals surface area contributed by atoms with Crippen LogP contribution in [0.5, 0.6) is 11.5 Å². The van der Waals surface area contributed by atoms with Crippen molar-refractivity contribution in [3.63, 3.8) is 0 Å². The van der Waals surface area contributed by atoms with E-state index in [4.69, 9.17) is 9.47 Å². The number of benzene rings is 1. The van der Waals surface area contributed by atoms with Gasteiger partial charge in [-0.3, -0.25) is 0 Å². The van der Waals surface area contributed by atoms with Gasteiger partial charge in [0.1, 0.15) is 13.2 Å². The van der Waals surface area contributed by atoms with E-state index in [1.54, 1.807) is 18.7 Å². The zero-order valence-corrected chi connectivity index (χ0v) is 13.3. The molecule has 1 aromatic rings. The third-order valence-electron chi connectivity index (χ3n) is 3.72. The summed E-state index contributed by atoms with van der Waals surface area (Å²) in [5.74, 6) is 1.62. The Morgan fingerprint density at radius 3 is 2.45 bits per heavy atom. The summed E-state index contributed by atoms with van der Waals surface area (Å²) in [5.41, 5.74) is 0.832. The first kappa shape index (κ1) is 15.5. The van der Waals surface area contributed by atoms with Crippen molar-refractivity contribution in [3.05, 3.63) is 17.7 Å². The van der Waals surface area contributed by atoms with Crippen LogP contribution in [0.15, 0.2) is 17.0 Å². The van der Waals surface area contributed by atoms with Gasteiger partial charge in [0.05, 0.1) is 6.10 Å². The summed E-state index contributed by atoms with van der Waals surface area (Å²) in [5, 5.41) is 13.2. The quantitative estimate of drug-likeness (QED) is 0.818. The third-order valence-corrected chi connectivity index (χ3v) is 4.54. The zero-order valence-electron chi connectivity index (χ0n) is 12.5. The number of thioether (sulfide) groups is 1. The van der Waals surface area contributed by atoms with Gasteiger partial charge in [-0.1, -0.05) is 0 Å². The van der Waals surface area contributed by atoms with E-state index in [1.807, 2.05) is 26.0 Å². The summed E-state index contributed by atoms with van der Waals surface area (Å²) in [6.07, 6.45) is 1.63. The molecule has 4 nitrogen and oxygen atoms in total. The van der Waals surface area contributed by atoms with E-state index >= 15 is 0 Å². The second kappa shape index (κ2) is 6.24. The Balaban J connectivity index is 2.18. The molecule has 20 heavy (non-hydrogen) atoms. The molecule has 1 aliphatic rings. The van der Waals surface area contributed by atoms with Crippen LogP contribution < -0.4 is 14.8 Å². The van der Waals surface area contributed by atoms with Gasteiger partial charge in [0.15, 0.2) is 11.5 Å². The molecular weight excluding hydrogens is 274 g/mol. The topological polar surface area (TPSA) is 50.7 Å². The molecule has 1 heterocycles. The largest absolute Gasteiger partial charge is 0.486 e. The SMILES string of the molecule is CSc1cc2c(cc1CNC(C)(C)C(C)O)OCCO2. The molecule has 0 spiro atoms. The van der Waals surface area contributed by atoms with E-state index in [1.165, 1.54) is 4.90 Å². The second-order valence-electron chi connectivity index (χ2n) is 5.56. The fraction of sp³-hybridized carbons (Fsp3) is 0.600. The molecule has 0 fully saturated rings. The Labute approximate surface area is 124 Å². The zero-order chi connectivity index (χ0) is 14.8. The number of hydrogen-bond acceptors (Lipinski definition) is 5. The van der Waals surface area contributed by atoms with Crippen molar-refractivity contribution >= 4 is 11.8 Å². The van der Waals surface area contributed by atoms with Gasteiger partial charge in [-0.2, -0.15) is 0 Å². The van der Waals surface area contributed by atoms with Gasteiger partial charge >= 0.3 is 0 Å². The molecule has 112 valence electrons. The van der Waals surface area contributed by atoms with Crippen molar-refractivity contribution < 1.29 is 14.6 Å². The Hall–Kier alpha value is -0.910. The van der Waals surface area contributed by atoms with Crippen molar-refractivity contribution in [1.82, 2.24) is 5.32 Å². The number of aliphatic hydroxyl groups is 1. The predicted molar refractivity (Wildman–Crippen MR) is 81.8 cm³/mol. The average molecular weight is 297 g/mol. The molecule has 0 amide bonds. The first-order chi connectivity index (χ1) is 9.44. The highest BCUT2D eigenvalue weighted by molar-refractivity contribution is 7.98. The number of fused-ring (bicyclic) bond motifs is 1. The first-order valence-corrected chi connectivity index (χ1v) is 8.06. The lowest BCUT2D eigenvalue weighted by Crippen LogP contribution is -2.47. The van der Waals surface area contributed by atoms with E-state index in [2.05, 4.69) is 11.6 Å². The molecule has 0 bridgehead atoms. The number of ether oxygens (including phenoxy) is 2. The lowest BCUT2D eigenvalue weighted by molar-refractivity contribution is 0.0954. The monoisotopic (exact) mass is 297 g/mol. The standard InChI is InChI=1S/C15H23NO3S/c1-10(17)15(2,3)16-9-11-7-12-13(8-14(11)20-4)19-6-5-18-12/h7-8,10,16-17H,5-6,9H2,1-4H3. The van der Waals surface area contributed by atoms with Crippen molar-refractivity contribution in [1.29, 1.82) is 0 Å². The van der Waals surface area contributed by atoms with Crippen molar-refractivity contribution in [3.8, 4) is 11.5 Å². The summed E-state index contributed by atoms with van der Waals surface area (Å²) in [6, 6.07) is 4.07. The van der Waals surface area contributed by atoms with Crippen LogP contribution in [0.2, 0.25) is 0 Å². The summed E-state index contributed by atoms with van der Waals surface area (Å²) in [4.78, 5) is 1.17. The van der Waals surface area contributed by atoms with Gasteiger partial charge in [0.25, 0.3) is 0 Å². The molecule has 0 aliphatic carbocycles. The van der Waals surface area contributed by atoms with Crippen LogP contribution in [0.3, 0.4) is 0 Å². The molecule has 2 N–H and O–H groups in total. The van der Waals surface area contributed by atoms with Crippen LogP contribution in [-0.2, 0) is 6.54 Å². The maximum atomic E-state index is 9.76. The van der Waals surface area contributed by atoms with Gasteiger partial charge in [-0.15, -0.1) is 11.8 Å². The van der Waals surface area contributed by atoms with E-state index in [0.717, 1.165) is 17.1 Å². The Bertz CT molecular complexity index is 474. The normalized spacial score (nSPS) is 16.1. The Morgan fingerprint density at radius 1 is 1.30 bits per heavy atom. The maximum Gasteiger partial charge on any atom is 0.162 e. The van der Waals surface area contributed by atoms with Crippen LogP contribution in [0.25, 0.3) is 0 Å². The lowest BCUT2D eigenvalue weighted by atomic mass is 9.98. The van der Waals surface area contributed by atoms with Crippen molar-refractivity contribution in [2.45, 2.75) is 43.9 Å². The van der Waals surface area contributed by atoms with E-state index in [0.29, 0.717) is 19.8 Å². The van der Waals surface area contributed by atoms with Gasteiger partial charge in [0, 0.05) is 17.0 Å². The molecule has 1 unspecified atom stereocenters. The van der Waals surface area contributed by atoms with Crippen molar-refractivity contribution in [2.75, 3.05) is 19.5 Å². The van der Waals surface area contributed by atoms with Crippen LogP contribution >= 0.6 is 11.8 Å². The number of nitrogens with one attached hydrogen (secondary N) is 1. The van der Waals surface area contributed by atoms with Crippen molar-refractivity contribution in [2.24, 2.45) is 0 Å². The number of hydrogen-bond donors (Lipinski definition) is 2. The van der Waals surface area contributed by atoms with Crippen LogP contribution in [0.1, 0.15) is 26.3 Å². The number of aliphatic hydroxyl groups excluding tert-OH is 1. The van der Waals surface area contributed by atoms with Gasteiger partial charge in [-0.05, 0) is 44.7 Å². The second-order valence-corrected chi connectivity index (χ2v) is 6.41. The first-order valence-electron chi connectivity index (χ1n) is 6.83. The fourth-order valence-corrected chi connectivity index (χ4v) is 2.53. The molecule has 2 rings (SSSR count). The summed E-state index contributed by atoms with van der Waals surface area (Å²) < 4.78 is 11.2. The molecular formula is C15H23NO3S. The molecule has 1 aromatic carbocycles. The number of rotatable bonds is 5. The summed E-state index contributed by atoms with van der Waals surface area (Å²) >= 11 is 1.69. The van der Waals surface area contributed by atoms with Gasteiger partial charge in [0.2, 0.25) is 0 Å². The molecule has 0 radical (unpaired) electrons. The fourth-order valence-electron chi connectivity index (χ4n) is 1.91. The molecule has 1 aliphatic heterocycles. The summed E-state index contributed by atoms with van der Waals surface area (Å²) in [6.45, 7) is 7.67. The minimum absolute atomic E-state index is 0.330. The average Bonchev–Trinajstić information content (AvgIpc) is 2.43. The van der Waals surface area contributed by atoms with Gasteiger partial charge < -0.3 is 19.9 Å². The van der Waals surface area contributed by atoms with E-state index in [9.17, 15) is 5.11 Å². The lowest BCUT2D eigenvalue weighted by Gasteiger charge is -2.30. The Kier molecular flexibility index (Phi) is 4.83. The van der Waals surface area contributed by atoms with Gasteiger partial charge in [-0.25, -0.2) is 0 Å². The molecule has 0 saturated carbocycles. The maximum absolute atomic E-state index is 9.76. The molecule has 1 atom stereocenters. The summed E-state index contributed by atoms with van der Waals surface area (Å²) in [7, 11) is 0. The van der Waals surface area contributed by atoms with Crippen LogP contribution in [0.4, 0.5) is 0 Å². The Morgan fingerprint density at radius 2 is 1.90 bits per heavy atom. The predicted octanol–water partition coefficient (Wildman–Crippen LogP) is 2.43. The third kappa shape index (κ3) is 3.40. The van der Waals surface area contributed by atoms with Crippen LogP contribution in [-0.4, -0.2) is 36.2 Å². The molecule has 0 aromatic heterocycles. The highest BCUT2D eigenvalue weighted by Crippen LogP contribution is 2.36. The van der Waals surface area contributed by atoms with E-state index < -0.39 is 6.10 Å². The highest BCUT2D eigenvalue weighted by atomic mass is 32.2. The van der Waals surface area contributed by atoms with Crippen LogP contribution in [0, 0.1) is 0 Å². The highest BCUT2D eigenvalue weighted by Gasteiger charge is 2.24.